The minimum Gasteiger partial charge on any atom is -0.332 e. The van der Waals surface area contributed by atoms with E-state index in [4.69, 9.17) is 0 Å². The minimum atomic E-state index is 0.522. The summed E-state index contributed by atoms with van der Waals surface area (Å²) in [6.45, 7) is 0.735. The van der Waals surface area contributed by atoms with Crippen LogP contribution in [0.4, 0.5) is 11.6 Å². The zero-order valence-electron chi connectivity index (χ0n) is 17.9. The maximum absolute atomic E-state index is 4.63. The molecule has 0 spiro atoms. The van der Waals surface area contributed by atoms with Crippen LogP contribution in [0.25, 0.3) is 33.2 Å². The average Bonchev–Trinajstić information content (AvgIpc) is 3.45. The van der Waals surface area contributed by atoms with Crippen LogP contribution in [0.2, 0.25) is 0 Å². The molecule has 0 atom stereocenters. The molecule has 0 unspecified atom stereocenters. The molecule has 8 nitrogen and oxygen atoms in total. The maximum atomic E-state index is 4.63. The van der Waals surface area contributed by atoms with Crippen LogP contribution in [-0.4, -0.2) is 34.3 Å². The smallest absolute Gasteiger partial charge is 0.227 e. The van der Waals surface area contributed by atoms with E-state index < -0.39 is 0 Å². The predicted octanol–water partition coefficient (Wildman–Crippen LogP) is 4.57. The number of rotatable bonds is 5. The topological polar surface area (TPSA) is 86.3 Å². The molecule has 8 heteroatoms. The Balaban J connectivity index is 1.25. The summed E-state index contributed by atoms with van der Waals surface area (Å²) in [4.78, 5) is 17.8. The van der Waals surface area contributed by atoms with E-state index >= 15 is 0 Å². The predicted molar refractivity (Wildman–Crippen MR) is 128 cm³/mol. The third-order valence-electron chi connectivity index (χ3n) is 5.62. The van der Waals surface area contributed by atoms with Crippen molar-refractivity contribution < 1.29 is 0 Å². The molecule has 6 rings (SSSR count). The molecule has 160 valence electrons. The zero-order valence-corrected chi connectivity index (χ0v) is 17.9. The fourth-order valence-electron chi connectivity index (χ4n) is 3.91. The summed E-state index contributed by atoms with van der Waals surface area (Å²) in [5, 5.41) is 9.83. The van der Waals surface area contributed by atoms with Crippen molar-refractivity contribution in [1.29, 1.82) is 0 Å². The second kappa shape index (κ2) is 7.83. The van der Waals surface area contributed by atoms with Crippen LogP contribution < -0.4 is 5.32 Å². The van der Waals surface area contributed by atoms with Gasteiger partial charge in [0.15, 0.2) is 0 Å². The summed E-state index contributed by atoms with van der Waals surface area (Å²) in [7, 11) is 1.94. The van der Waals surface area contributed by atoms with E-state index in [9.17, 15) is 0 Å². The SMILES string of the molecule is Cn1cncc1-c1cc2cnc(Nc3ccc4c(cnn4Cc4ccccc4)c3)nc2cn1. The van der Waals surface area contributed by atoms with E-state index in [0.717, 1.165) is 45.4 Å². The Morgan fingerprint density at radius 2 is 1.79 bits per heavy atom. The highest BCUT2D eigenvalue weighted by Crippen LogP contribution is 2.24. The molecule has 4 aromatic heterocycles. The van der Waals surface area contributed by atoms with Gasteiger partial charge in [0.25, 0.3) is 0 Å². The van der Waals surface area contributed by atoms with Gasteiger partial charge in [0.05, 0.1) is 53.9 Å². The highest BCUT2D eigenvalue weighted by Gasteiger charge is 2.09. The van der Waals surface area contributed by atoms with Crippen molar-refractivity contribution in [1.82, 2.24) is 34.3 Å². The number of nitrogens with one attached hydrogen (secondary N) is 1. The van der Waals surface area contributed by atoms with Crippen molar-refractivity contribution in [3.05, 3.63) is 91.3 Å². The molecule has 0 saturated carbocycles. The number of aromatic nitrogens is 7. The number of fused-ring (bicyclic) bond motifs is 2. The lowest BCUT2D eigenvalue weighted by Gasteiger charge is -2.08. The first-order valence-electron chi connectivity index (χ1n) is 10.6. The molecule has 0 bridgehead atoms. The normalized spacial score (nSPS) is 11.3. The Hall–Kier alpha value is -4.59. The van der Waals surface area contributed by atoms with Gasteiger partial charge in [-0.1, -0.05) is 30.3 Å². The van der Waals surface area contributed by atoms with Crippen molar-refractivity contribution in [3.8, 4) is 11.4 Å². The Morgan fingerprint density at radius 3 is 2.64 bits per heavy atom. The molecule has 0 aliphatic carbocycles. The first-order valence-corrected chi connectivity index (χ1v) is 10.6. The average molecular weight is 432 g/mol. The van der Waals surface area contributed by atoms with E-state index in [1.165, 1.54) is 5.56 Å². The van der Waals surface area contributed by atoms with Gasteiger partial charge in [-0.05, 0) is 29.8 Å². The van der Waals surface area contributed by atoms with Gasteiger partial charge in [-0.2, -0.15) is 5.10 Å². The monoisotopic (exact) mass is 432 g/mol. The molecule has 0 saturated heterocycles. The Kier molecular flexibility index (Phi) is 4.54. The van der Waals surface area contributed by atoms with E-state index in [1.807, 2.05) is 59.0 Å². The van der Waals surface area contributed by atoms with E-state index in [2.05, 4.69) is 54.6 Å². The van der Waals surface area contributed by atoms with Gasteiger partial charge in [-0.3, -0.25) is 9.67 Å². The van der Waals surface area contributed by atoms with Crippen LogP contribution in [0.5, 0.6) is 0 Å². The first kappa shape index (κ1) is 19.1. The van der Waals surface area contributed by atoms with Gasteiger partial charge in [0.2, 0.25) is 5.95 Å². The summed E-state index contributed by atoms with van der Waals surface area (Å²) in [5.41, 5.74) is 5.76. The molecule has 0 aliphatic heterocycles. The van der Waals surface area contributed by atoms with Gasteiger partial charge < -0.3 is 9.88 Å². The number of anilines is 2. The molecule has 0 amide bonds. The lowest BCUT2D eigenvalue weighted by Crippen LogP contribution is -2.01. The van der Waals surface area contributed by atoms with Gasteiger partial charge in [-0.15, -0.1) is 0 Å². The quantitative estimate of drug-likeness (QED) is 0.430. The van der Waals surface area contributed by atoms with Crippen molar-refractivity contribution in [3.63, 3.8) is 0 Å². The molecule has 0 radical (unpaired) electrons. The standard InChI is InChI=1S/C25H20N8/c1-32-16-26-14-24(32)21-10-18-11-28-25(31-22(18)13-27-21)30-20-7-8-23-19(9-20)12-29-33(23)15-17-5-3-2-4-6-17/h2-14,16H,15H2,1H3,(H,28,30,31). The number of aryl methyl sites for hydroxylation is 1. The van der Waals surface area contributed by atoms with Crippen molar-refractivity contribution in [2.24, 2.45) is 7.05 Å². The molecule has 1 N–H and O–H groups in total. The number of hydrogen-bond donors (Lipinski definition) is 1. The van der Waals surface area contributed by atoms with Crippen LogP contribution in [0.1, 0.15) is 5.56 Å². The van der Waals surface area contributed by atoms with E-state index in [0.29, 0.717) is 5.95 Å². The largest absolute Gasteiger partial charge is 0.332 e. The summed E-state index contributed by atoms with van der Waals surface area (Å²) in [6.07, 6.45) is 9.01. The number of imidazole rings is 1. The Labute approximate surface area is 189 Å². The molecule has 0 aliphatic rings. The van der Waals surface area contributed by atoms with Crippen LogP contribution in [0.15, 0.2) is 85.7 Å². The van der Waals surface area contributed by atoms with Crippen molar-refractivity contribution >= 4 is 33.4 Å². The second-order valence-corrected chi connectivity index (χ2v) is 7.90. The van der Waals surface area contributed by atoms with Crippen LogP contribution in [-0.2, 0) is 13.6 Å². The van der Waals surface area contributed by atoms with Crippen molar-refractivity contribution in [2.45, 2.75) is 6.54 Å². The Morgan fingerprint density at radius 1 is 0.879 bits per heavy atom. The van der Waals surface area contributed by atoms with Crippen molar-refractivity contribution in [2.75, 3.05) is 5.32 Å². The molecule has 33 heavy (non-hydrogen) atoms. The third-order valence-corrected chi connectivity index (χ3v) is 5.62. The highest BCUT2D eigenvalue weighted by atomic mass is 15.3. The zero-order chi connectivity index (χ0) is 22.2. The number of hydrogen-bond acceptors (Lipinski definition) is 6. The first-order chi connectivity index (χ1) is 16.2. The molecule has 4 heterocycles. The van der Waals surface area contributed by atoms with Gasteiger partial charge in [0.1, 0.15) is 0 Å². The second-order valence-electron chi connectivity index (χ2n) is 7.90. The van der Waals surface area contributed by atoms with Gasteiger partial charge in [0, 0.05) is 29.7 Å². The number of pyridine rings is 1. The molecule has 6 aromatic rings. The molecular formula is C25H20N8. The number of nitrogens with zero attached hydrogens (tertiary/aromatic N) is 7. The Bertz CT molecular complexity index is 1580. The molecule has 2 aromatic carbocycles. The summed E-state index contributed by atoms with van der Waals surface area (Å²) >= 11 is 0. The van der Waals surface area contributed by atoms with E-state index in [1.54, 1.807) is 18.7 Å². The lowest BCUT2D eigenvalue weighted by atomic mass is 10.2. The van der Waals surface area contributed by atoms with Gasteiger partial charge in [-0.25, -0.2) is 15.0 Å². The highest BCUT2D eigenvalue weighted by molar-refractivity contribution is 5.84. The summed E-state index contributed by atoms with van der Waals surface area (Å²) < 4.78 is 3.94. The third kappa shape index (κ3) is 3.67. The lowest BCUT2D eigenvalue weighted by molar-refractivity contribution is 0.712. The van der Waals surface area contributed by atoms with E-state index in [-0.39, 0.29) is 0 Å². The maximum Gasteiger partial charge on any atom is 0.227 e. The van der Waals surface area contributed by atoms with Crippen LogP contribution in [0.3, 0.4) is 0 Å². The summed E-state index contributed by atoms with van der Waals surface area (Å²) in [5.74, 6) is 0.522. The number of benzene rings is 2. The van der Waals surface area contributed by atoms with Crippen LogP contribution in [0, 0.1) is 0 Å². The molecular weight excluding hydrogens is 412 g/mol. The van der Waals surface area contributed by atoms with Gasteiger partial charge >= 0.3 is 0 Å². The molecule has 0 fully saturated rings. The minimum absolute atomic E-state index is 0.522. The van der Waals surface area contributed by atoms with Crippen LogP contribution >= 0.6 is 0 Å². The summed E-state index contributed by atoms with van der Waals surface area (Å²) in [6, 6.07) is 18.4. The fraction of sp³-hybridized carbons (Fsp3) is 0.0800. The fourth-order valence-corrected chi connectivity index (χ4v) is 3.91.